The number of anilines is 1. The quantitative estimate of drug-likeness (QED) is 0.183. The predicted molar refractivity (Wildman–Crippen MR) is 119 cm³/mol. The van der Waals surface area contributed by atoms with Crippen LogP contribution in [0.2, 0.25) is 0 Å². The number of carbonyl (C=O) groups excluding carboxylic acids is 2. The average molecular weight is 483 g/mol. The number of aryl methyl sites for hydroxylation is 1. The first-order valence-corrected chi connectivity index (χ1v) is 11.3. The maximum atomic E-state index is 13.0. The molecule has 1 fully saturated rings. The van der Waals surface area contributed by atoms with Crippen LogP contribution in [0, 0.1) is 17.0 Å². The van der Waals surface area contributed by atoms with Crippen molar-refractivity contribution in [1.82, 2.24) is 0 Å². The molecule has 4 rings (SSSR count). The number of sulfonamides is 1. The van der Waals surface area contributed by atoms with E-state index in [9.17, 15) is 33.2 Å². The number of carbonyl (C=O) groups is 2. The van der Waals surface area contributed by atoms with E-state index in [4.69, 9.17) is 9.56 Å². The van der Waals surface area contributed by atoms with Crippen LogP contribution >= 0.6 is 0 Å². The maximum absolute atomic E-state index is 13.0. The first-order valence-electron chi connectivity index (χ1n) is 9.74. The van der Waals surface area contributed by atoms with E-state index in [-0.39, 0.29) is 33.2 Å². The van der Waals surface area contributed by atoms with Gasteiger partial charge in [0.15, 0.2) is 0 Å². The summed E-state index contributed by atoms with van der Waals surface area (Å²) in [4.78, 5) is 37.4. The lowest BCUT2D eigenvalue weighted by molar-refractivity contribution is -0.384. The zero-order valence-electron chi connectivity index (χ0n) is 17.5. The molecule has 0 spiro atoms. The monoisotopic (exact) mass is 483 g/mol. The Hall–Kier alpha value is -4.29. The Labute approximate surface area is 192 Å². The molecule has 0 radical (unpaired) electrons. The van der Waals surface area contributed by atoms with Gasteiger partial charge in [-0.15, -0.1) is 0 Å². The fourth-order valence-electron chi connectivity index (χ4n) is 3.69. The Morgan fingerprint density at radius 2 is 1.79 bits per heavy atom. The highest BCUT2D eigenvalue weighted by Crippen LogP contribution is 2.43. The molecule has 0 saturated carbocycles. The van der Waals surface area contributed by atoms with Gasteiger partial charge in [0, 0.05) is 23.4 Å². The SMILES string of the molecule is Cc1ccc(C2/C(=C(/O)c3cccc([N+](=O)[O-])c3)C(=O)C(=O)N2c2ccc(S(N)(=O)=O)cc2)o1. The number of non-ortho nitro benzene ring substituents is 1. The number of nitrogens with zero attached hydrogens (tertiary/aromatic N) is 2. The third-order valence-corrected chi connectivity index (χ3v) is 6.18. The van der Waals surface area contributed by atoms with E-state index in [0.29, 0.717) is 5.76 Å². The van der Waals surface area contributed by atoms with Crippen molar-refractivity contribution in [2.75, 3.05) is 4.90 Å². The fraction of sp³-hybridized carbons (Fsp3) is 0.0909. The second-order valence-corrected chi connectivity index (χ2v) is 9.03. The number of nitrogens with two attached hydrogens (primary N) is 1. The number of hydrogen-bond acceptors (Lipinski definition) is 8. The molecule has 3 aromatic rings. The molecule has 0 bridgehead atoms. The van der Waals surface area contributed by atoms with E-state index in [1.807, 2.05) is 0 Å². The normalized spacial score (nSPS) is 17.8. The van der Waals surface area contributed by atoms with Crippen LogP contribution < -0.4 is 10.0 Å². The summed E-state index contributed by atoms with van der Waals surface area (Å²) < 4.78 is 28.8. The molecule has 0 aliphatic carbocycles. The van der Waals surface area contributed by atoms with E-state index >= 15 is 0 Å². The van der Waals surface area contributed by atoms with Gasteiger partial charge in [0.05, 0.1) is 15.4 Å². The lowest BCUT2D eigenvalue weighted by Crippen LogP contribution is -2.29. The molecular formula is C22H17N3O8S. The second kappa shape index (κ2) is 8.24. The summed E-state index contributed by atoms with van der Waals surface area (Å²) in [6, 6.07) is 11.8. The summed E-state index contributed by atoms with van der Waals surface area (Å²) in [5.74, 6) is -2.04. The Kier molecular flexibility index (Phi) is 5.55. The molecule has 12 heteroatoms. The van der Waals surface area contributed by atoms with E-state index in [0.717, 1.165) is 11.0 Å². The Morgan fingerprint density at radius 1 is 1.12 bits per heavy atom. The lowest BCUT2D eigenvalue weighted by atomic mass is 9.99. The number of benzene rings is 2. The van der Waals surface area contributed by atoms with Crippen molar-refractivity contribution in [3.05, 3.63) is 93.4 Å². The third-order valence-electron chi connectivity index (χ3n) is 5.25. The molecule has 1 aliphatic rings. The Morgan fingerprint density at radius 3 is 2.35 bits per heavy atom. The molecule has 174 valence electrons. The van der Waals surface area contributed by atoms with Crippen molar-refractivity contribution >= 4 is 38.8 Å². The van der Waals surface area contributed by atoms with Gasteiger partial charge in [0.25, 0.3) is 17.4 Å². The molecule has 1 atom stereocenters. The van der Waals surface area contributed by atoms with Gasteiger partial charge in [-0.3, -0.25) is 24.6 Å². The minimum Gasteiger partial charge on any atom is -0.507 e. The molecule has 1 aliphatic heterocycles. The van der Waals surface area contributed by atoms with Gasteiger partial charge in [-0.05, 0) is 43.3 Å². The van der Waals surface area contributed by atoms with E-state index in [2.05, 4.69) is 0 Å². The number of hydrogen-bond donors (Lipinski definition) is 2. The highest BCUT2D eigenvalue weighted by atomic mass is 32.2. The summed E-state index contributed by atoms with van der Waals surface area (Å²) in [6.45, 7) is 1.65. The van der Waals surface area contributed by atoms with Crippen LogP contribution in [0.5, 0.6) is 0 Å². The fourth-order valence-corrected chi connectivity index (χ4v) is 4.20. The summed E-state index contributed by atoms with van der Waals surface area (Å²) in [5.41, 5.74) is -0.547. The molecule has 1 saturated heterocycles. The second-order valence-electron chi connectivity index (χ2n) is 7.46. The van der Waals surface area contributed by atoms with Gasteiger partial charge in [-0.25, -0.2) is 13.6 Å². The van der Waals surface area contributed by atoms with Crippen LogP contribution in [0.1, 0.15) is 23.1 Å². The van der Waals surface area contributed by atoms with Crippen LogP contribution in [0.25, 0.3) is 5.76 Å². The number of ketones is 1. The van der Waals surface area contributed by atoms with Crippen molar-refractivity contribution in [2.24, 2.45) is 5.14 Å². The van der Waals surface area contributed by atoms with E-state index in [1.165, 1.54) is 48.5 Å². The number of primary sulfonamides is 1. The zero-order chi connectivity index (χ0) is 24.8. The number of aliphatic hydroxyl groups excluding tert-OH is 1. The number of amides is 1. The van der Waals surface area contributed by atoms with Crippen LogP contribution in [0.15, 0.2) is 75.5 Å². The number of furan rings is 1. The summed E-state index contributed by atoms with van der Waals surface area (Å²) in [7, 11) is -3.99. The van der Waals surface area contributed by atoms with Crippen LogP contribution in [-0.2, 0) is 19.6 Å². The maximum Gasteiger partial charge on any atom is 0.300 e. The van der Waals surface area contributed by atoms with Gasteiger partial charge in [0.2, 0.25) is 10.0 Å². The first-order chi connectivity index (χ1) is 16.0. The zero-order valence-corrected chi connectivity index (χ0v) is 18.4. The molecule has 2 heterocycles. The minimum absolute atomic E-state index is 0.0370. The standard InChI is InChI=1S/C22H17N3O8S/c1-12-5-10-17(33-12)19-18(20(26)13-3-2-4-15(11-13)25(29)30)21(27)22(28)24(19)14-6-8-16(9-7-14)34(23,31)32/h2-11,19,26H,1H3,(H2,23,31,32)/b20-18-. The average Bonchev–Trinajstić information content (AvgIpc) is 3.33. The highest BCUT2D eigenvalue weighted by molar-refractivity contribution is 7.89. The molecule has 3 N–H and O–H groups in total. The van der Waals surface area contributed by atoms with Gasteiger partial charge in [0.1, 0.15) is 23.3 Å². The Balaban J connectivity index is 1.91. The number of nitro groups is 1. The van der Waals surface area contributed by atoms with Gasteiger partial charge in [-0.1, -0.05) is 12.1 Å². The number of nitro benzene ring substituents is 1. The Bertz CT molecular complexity index is 1470. The van der Waals surface area contributed by atoms with Crippen LogP contribution in [0.3, 0.4) is 0 Å². The van der Waals surface area contributed by atoms with Crippen molar-refractivity contribution in [3.63, 3.8) is 0 Å². The van der Waals surface area contributed by atoms with Crippen molar-refractivity contribution in [3.8, 4) is 0 Å². The third kappa shape index (κ3) is 3.95. The summed E-state index contributed by atoms with van der Waals surface area (Å²) >= 11 is 0. The number of Topliss-reactive ketones (excluding diaryl/α,β-unsaturated/α-hetero) is 1. The highest BCUT2D eigenvalue weighted by Gasteiger charge is 2.48. The molecule has 34 heavy (non-hydrogen) atoms. The number of rotatable bonds is 5. The largest absolute Gasteiger partial charge is 0.507 e. The number of aliphatic hydroxyl groups is 1. The summed E-state index contributed by atoms with van der Waals surface area (Å²) in [5, 5.41) is 27.3. The smallest absolute Gasteiger partial charge is 0.300 e. The van der Waals surface area contributed by atoms with Gasteiger partial charge in [-0.2, -0.15) is 0 Å². The minimum atomic E-state index is -3.99. The van der Waals surface area contributed by atoms with Gasteiger partial charge < -0.3 is 9.52 Å². The molecule has 1 aromatic heterocycles. The van der Waals surface area contributed by atoms with Crippen molar-refractivity contribution in [2.45, 2.75) is 17.9 Å². The van der Waals surface area contributed by atoms with Crippen LogP contribution in [-0.4, -0.2) is 30.1 Å². The summed E-state index contributed by atoms with van der Waals surface area (Å²) in [6.07, 6.45) is 0. The van der Waals surface area contributed by atoms with Crippen LogP contribution in [0.4, 0.5) is 11.4 Å². The molecule has 11 nitrogen and oxygen atoms in total. The van der Waals surface area contributed by atoms with Crippen molar-refractivity contribution in [1.29, 1.82) is 0 Å². The van der Waals surface area contributed by atoms with Crippen molar-refractivity contribution < 1.29 is 32.5 Å². The van der Waals surface area contributed by atoms with E-state index < -0.39 is 38.4 Å². The first kappa shape index (κ1) is 22.9. The van der Waals surface area contributed by atoms with E-state index in [1.54, 1.807) is 13.0 Å². The topological polar surface area (TPSA) is 174 Å². The van der Waals surface area contributed by atoms with Gasteiger partial charge >= 0.3 is 0 Å². The lowest BCUT2D eigenvalue weighted by Gasteiger charge is -2.23. The molecule has 1 unspecified atom stereocenters. The molecule has 2 aromatic carbocycles. The molecule has 1 amide bonds. The molecular weight excluding hydrogens is 466 g/mol. The predicted octanol–water partition coefficient (Wildman–Crippen LogP) is 2.77.